The molecular weight excluding hydrogens is 383 g/mol. The molecule has 1 saturated heterocycles. The Labute approximate surface area is 168 Å². The highest BCUT2D eigenvalue weighted by Crippen LogP contribution is 2.20. The molecule has 6 nitrogen and oxygen atoms in total. The maximum absolute atomic E-state index is 13.1. The van der Waals surface area contributed by atoms with Crippen molar-refractivity contribution < 1.29 is 14.0 Å². The minimum absolute atomic E-state index is 0.0432. The molecule has 1 aromatic carbocycles. The molecule has 148 valence electrons. The van der Waals surface area contributed by atoms with Gasteiger partial charge in [0.05, 0.1) is 5.02 Å². The highest BCUT2D eigenvalue weighted by atomic mass is 35.5. The van der Waals surface area contributed by atoms with Gasteiger partial charge in [-0.3, -0.25) is 9.59 Å². The van der Waals surface area contributed by atoms with Crippen molar-refractivity contribution in [3.63, 3.8) is 0 Å². The molecule has 2 aromatic rings. The Morgan fingerprint density at radius 2 is 1.96 bits per heavy atom. The smallest absolute Gasteiger partial charge is 0.228 e. The zero-order valence-electron chi connectivity index (χ0n) is 15.3. The van der Waals surface area contributed by atoms with Gasteiger partial charge < -0.3 is 15.5 Å². The number of likely N-dealkylation sites (tertiary alicyclic amines) is 1. The largest absolute Gasteiger partial charge is 0.326 e. The first-order valence-corrected chi connectivity index (χ1v) is 9.57. The zero-order valence-corrected chi connectivity index (χ0v) is 16.1. The van der Waals surface area contributed by atoms with E-state index < -0.39 is 0 Å². The fourth-order valence-electron chi connectivity index (χ4n) is 3.15. The topological polar surface area (TPSA) is 74.3 Å². The molecule has 1 aliphatic heterocycles. The molecule has 0 bridgehead atoms. The highest BCUT2D eigenvalue weighted by molar-refractivity contribution is 6.30. The number of halogens is 2. The third-order valence-corrected chi connectivity index (χ3v) is 4.92. The summed E-state index contributed by atoms with van der Waals surface area (Å²) in [5.74, 6) is -0.162. The van der Waals surface area contributed by atoms with Gasteiger partial charge in [-0.1, -0.05) is 17.7 Å². The van der Waals surface area contributed by atoms with Crippen molar-refractivity contribution in [2.75, 3.05) is 30.3 Å². The van der Waals surface area contributed by atoms with E-state index in [9.17, 15) is 14.0 Å². The number of piperidine rings is 1. The summed E-state index contributed by atoms with van der Waals surface area (Å²) in [7, 11) is 0. The second kappa shape index (κ2) is 9.61. The second-order valence-corrected chi connectivity index (χ2v) is 7.21. The standard InChI is InChI=1S/C20H22ClFN4O2/c21-15-4-5-18(23-13-15)25-20(28)14-6-9-26(10-7-14)11-8-19(27)24-17-3-1-2-16(22)12-17/h1-5,12-14H,6-11H2,(H,24,27)(H,23,25,28). The number of nitrogens with one attached hydrogen (secondary N) is 2. The van der Waals surface area contributed by atoms with Gasteiger partial charge in [0.15, 0.2) is 0 Å². The van der Waals surface area contributed by atoms with E-state index in [1.54, 1.807) is 24.3 Å². The number of anilines is 2. The Bertz CT molecular complexity index is 823. The van der Waals surface area contributed by atoms with Crippen LogP contribution in [0.4, 0.5) is 15.9 Å². The molecule has 0 aliphatic carbocycles. The van der Waals surface area contributed by atoms with E-state index in [1.807, 2.05) is 0 Å². The predicted octanol–water partition coefficient (Wildman–Crippen LogP) is 3.55. The molecule has 2 amide bonds. The van der Waals surface area contributed by atoms with Crippen LogP contribution < -0.4 is 10.6 Å². The molecule has 0 radical (unpaired) electrons. The van der Waals surface area contributed by atoms with Gasteiger partial charge in [0.1, 0.15) is 11.6 Å². The van der Waals surface area contributed by atoms with Gasteiger partial charge in [0, 0.05) is 30.8 Å². The van der Waals surface area contributed by atoms with Crippen molar-refractivity contribution >= 4 is 34.9 Å². The normalized spacial score (nSPS) is 15.2. The number of hydrogen-bond donors (Lipinski definition) is 2. The van der Waals surface area contributed by atoms with Crippen LogP contribution in [0.1, 0.15) is 19.3 Å². The van der Waals surface area contributed by atoms with Crippen LogP contribution >= 0.6 is 11.6 Å². The number of hydrogen-bond acceptors (Lipinski definition) is 4. The van der Waals surface area contributed by atoms with E-state index in [2.05, 4.69) is 20.5 Å². The summed E-state index contributed by atoms with van der Waals surface area (Å²) in [6.07, 6.45) is 3.27. The lowest BCUT2D eigenvalue weighted by atomic mass is 9.96. The Kier molecular flexibility index (Phi) is 6.95. The SMILES string of the molecule is O=C(CCN1CCC(C(=O)Nc2ccc(Cl)cn2)CC1)Nc1cccc(F)c1. The lowest BCUT2D eigenvalue weighted by Crippen LogP contribution is -2.39. The van der Waals surface area contributed by atoms with Gasteiger partial charge >= 0.3 is 0 Å². The maximum atomic E-state index is 13.1. The molecule has 2 heterocycles. The number of aromatic nitrogens is 1. The number of pyridine rings is 1. The summed E-state index contributed by atoms with van der Waals surface area (Å²) in [4.78, 5) is 30.6. The van der Waals surface area contributed by atoms with Crippen molar-refractivity contribution in [2.45, 2.75) is 19.3 Å². The van der Waals surface area contributed by atoms with Crippen LogP contribution in [0.2, 0.25) is 5.02 Å². The third kappa shape index (κ3) is 6.00. The number of nitrogens with zero attached hydrogens (tertiary/aromatic N) is 2. The number of benzene rings is 1. The van der Waals surface area contributed by atoms with Crippen LogP contribution in [0, 0.1) is 11.7 Å². The summed E-state index contributed by atoms with van der Waals surface area (Å²) in [5.41, 5.74) is 0.455. The quantitative estimate of drug-likeness (QED) is 0.772. The Morgan fingerprint density at radius 1 is 1.18 bits per heavy atom. The van der Waals surface area contributed by atoms with Gasteiger partial charge in [-0.05, 0) is 56.3 Å². The van der Waals surface area contributed by atoms with Gasteiger partial charge in [-0.25, -0.2) is 9.37 Å². The van der Waals surface area contributed by atoms with Gasteiger partial charge in [0.25, 0.3) is 0 Å². The van der Waals surface area contributed by atoms with Gasteiger partial charge in [-0.15, -0.1) is 0 Å². The average Bonchev–Trinajstić information content (AvgIpc) is 2.68. The zero-order chi connectivity index (χ0) is 19.9. The van der Waals surface area contributed by atoms with Crippen LogP contribution in [0.25, 0.3) is 0 Å². The first-order chi connectivity index (χ1) is 13.5. The fraction of sp³-hybridized carbons (Fsp3) is 0.350. The highest BCUT2D eigenvalue weighted by Gasteiger charge is 2.25. The van der Waals surface area contributed by atoms with Crippen LogP contribution in [0.3, 0.4) is 0 Å². The molecule has 1 fully saturated rings. The summed E-state index contributed by atoms with van der Waals surface area (Å²) in [6, 6.07) is 9.19. The van der Waals surface area contributed by atoms with Crippen molar-refractivity contribution in [3.8, 4) is 0 Å². The molecule has 1 aromatic heterocycles. The monoisotopic (exact) mass is 404 g/mol. The summed E-state index contributed by atoms with van der Waals surface area (Å²) < 4.78 is 13.1. The predicted molar refractivity (Wildman–Crippen MR) is 107 cm³/mol. The van der Waals surface area contributed by atoms with Crippen LogP contribution in [-0.4, -0.2) is 41.3 Å². The molecule has 0 unspecified atom stereocenters. The number of carbonyl (C=O) groups excluding carboxylic acids is 2. The van der Waals surface area contributed by atoms with E-state index >= 15 is 0 Å². The molecule has 8 heteroatoms. The van der Waals surface area contributed by atoms with Crippen LogP contribution in [0.5, 0.6) is 0 Å². The summed E-state index contributed by atoms with van der Waals surface area (Å²) in [5, 5.41) is 6.03. The third-order valence-electron chi connectivity index (χ3n) is 4.70. The van der Waals surface area contributed by atoms with E-state index in [1.165, 1.54) is 18.3 Å². The molecule has 1 aliphatic rings. The van der Waals surface area contributed by atoms with Crippen LogP contribution in [-0.2, 0) is 9.59 Å². The van der Waals surface area contributed by atoms with E-state index in [0.717, 1.165) is 25.9 Å². The van der Waals surface area contributed by atoms with Gasteiger partial charge in [0.2, 0.25) is 11.8 Å². The first kappa shape index (κ1) is 20.2. The van der Waals surface area contributed by atoms with E-state index in [0.29, 0.717) is 29.5 Å². The molecular formula is C20H22ClFN4O2. The Balaban J connectivity index is 1.38. The number of carbonyl (C=O) groups is 2. The van der Waals surface area contributed by atoms with Crippen molar-refractivity contribution in [1.29, 1.82) is 0 Å². The average molecular weight is 405 g/mol. The van der Waals surface area contributed by atoms with E-state index in [4.69, 9.17) is 11.6 Å². The minimum atomic E-state index is -0.382. The minimum Gasteiger partial charge on any atom is -0.326 e. The van der Waals surface area contributed by atoms with Crippen LogP contribution in [0.15, 0.2) is 42.6 Å². The first-order valence-electron chi connectivity index (χ1n) is 9.20. The molecule has 28 heavy (non-hydrogen) atoms. The lowest BCUT2D eigenvalue weighted by Gasteiger charge is -2.31. The summed E-state index contributed by atoms with van der Waals surface area (Å²) in [6.45, 7) is 2.10. The second-order valence-electron chi connectivity index (χ2n) is 6.78. The number of rotatable bonds is 6. The molecule has 0 saturated carbocycles. The lowest BCUT2D eigenvalue weighted by molar-refractivity contribution is -0.121. The number of amides is 2. The molecule has 2 N–H and O–H groups in total. The molecule has 0 atom stereocenters. The van der Waals surface area contributed by atoms with Gasteiger partial charge in [-0.2, -0.15) is 0 Å². The Morgan fingerprint density at radius 3 is 2.64 bits per heavy atom. The fourth-order valence-corrected chi connectivity index (χ4v) is 3.26. The van der Waals surface area contributed by atoms with Crippen molar-refractivity contribution in [3.05, 3.63) is 53.4 Å². The Hall–Kier alpha value is -2.51. The molecule has 0 spiro atoms. The molecule has 3 rings (SSSR count). The maximum Gasteiger partial charge on any atom is 0.228 e. The van der Waals surface area contributed by atoms with Crippen molar-refractivity contribution in [2.24, 2.45) is 5.92 Å². The van der Waals surface area contributed by atoms with E-state index in [-0.39, 0.29) is 23.5 Å². The van der Waals surface area contributed by atoms with Crippen molar-refractivity contribution in [1.82, 2.24) is 9.88 Å². The summed E-state index contributed by atoms with van der Waals surface area (Å²) >= 11 is 5.79.